The Morgan fingerprint density at radius 3 is 2.76 bits per heavy atom. The Morgan fingerprint density at radius 2 is 2.00 bits per heavy atom. The van der Waals surface area contributed by atoms with Crippen LogP contribution < -0.4 is 5.32 Å². The molecule has 1 aromatic carbocycles. The molecule has 1 N–H and O–H groups in total. The summed E-state index contributed by atoms with van der Waals surface area (Å²) in [6.45, 7) is 3.84. The van der Waals surface area contributed by atoms with E-state index in [0.717, 1.165) is 21.5 Å². The zero-order chi connectivity index (χ0) is 15.0. The third kappa shape index (κ3) is 2.67. The second kappa shape index (κ2) is 5.29. The van der Waals surface area contributed by atoms with Crippen LogP contribution in [0.5, 0.6) is 0 Å². The number of nitrogens with one attached hydrogen (secondary N) is 1. The van der Waals surface area contributed by atoms with Crippen molar-refractivity contribution in [3.8, 4) is 0 Å². The Kier molecular flexibility index (Phi) is 3.47. The van der Waals surface area contributed by atoms with E-state index < -0.39 is 0 Å². The standard InChI is InChI=1S/C15H13BrN4O/c1-9-7-12(3-4-13(9)16)17-15(21)11-5-6-20-10(2)18-19-14(20)8-11/h3-8H,1-2H3,(H,17,21). The summed E-state index contributed by atoms with van der Waals surface area (Å²) in [6, 6.07) is 9.16. The van der Waals surface area contributed by atoms with Gasteiger partial charge in [0.25, 0.3) is 5.91 Å². The average Bonchev–Trinajstić information content (AvgIpc) is 2.84. The summed E-state index contributed by atoms with van der Waals surface area (Å²) in [5.74, 6) is 0.625. The molecule has 106 valence electrons. The number of hydrogen-bond acceptors (Lipinski definition) is 3. The molecule has 0 spiro atoms. The minimum absolute atomic E-state index is 0.167. The largest absolute Gasteiger partial charge is 0.322 e. The molecule has 0 bridgehead atoms. The van der Waals surface area contributed by atoms with Gasteiger partial charge in [-0.25, -0.2) is 0 Å². The third-order valence-electron chi connectivity index (χ3n) is 3.26. The molecule has 0 fully saturated rings. The highest BCUT2D eigenvalue weighted by Crippen LogP contribution is 2.20. The fourth-order valence-electron chi connectivity index (χ4n) is 2.08. The molecule has 1 amide bonds. The highest BCUT2D eigenvalue weighted by molar-refractivity contribution is 9.10. The van der Waals surface area contributed by atoms with Crippen LogP contribution in [0.15, 0.2) is 41.0 Å². The predicted molar refractivity (Wildman–Crippen MR) is 84.6 cm³/mol. The quantitative estimate of drug-likeness (QED) is 0.775. The Balaban J connectivity index is 1.87. The van der Waals surface area contributed by atoms with Gasteiger partial charge in [-0.05, 0) is 49.7 Å². The van der Waals surface area contributed by atoms with E-state index in [1.54, 1.807) is 18.3 Å². The molecule has 0 aliphatic rings. The molecule has 2 heterocycles. The van der Waals surface area contributed by atoms with E-state index >= 15 is 0 Å². The topological polar surface area (TPSA) is 59.3 Å². The monoisotopic (exact) mass is 344 g/mol. The third-order valence-corrected chi connectivity index (χ3v) is 4.15. The van der Waals surface area contributed by atoms with Crippen molar-refractivity contribution < 1.29 is 4.79 Å². The second-order valence-electron chi connectivity index (χ2n) is 4.81. The number of nitrogens with zero attached hydrogens (tertiary/aromatic N) is 3. The first-order chi connectivity index (χ1) is 10.0. The number of carbonyl (C=O) groups excluding carboxylic acids is 1. The normalized spacial score (nSPS) is 10.8. The molecule has 0 aliphatic heterocycles. The lowest BCUT2D eigenvalue weighted by molar-refractivity contribution is 0.102. The first-order valence-corrected chi connectivity index (χ1v) is 7.23. The summed E-state index contributed by atoms with van der Waals surface area (Å²) in [5, 5.41) is 10.9. The van der Waals surface area contributed by atoms with Crippen LogP contribution in [-0.2, 0) is 0 Å². The zero-order valence-electron chi connectivity index (χ0n) is 11.6. The van der Waals surface area contributed by atoms with Gasteiger partial charge in [0.05, 0.1) is 0 Å². The maximum absolute atomic E-state index is 12.3. The summed E-state index contributed by atoms with van der Waals surface area (Å²) in [6.07, 6.45) is 1.80. The van der Waals surface area contributed by atoms with Crippen LogP contribution in [-0.4, -0.2) is 20.5 Å². The van der Waals surface area contributed by atoms with Crippen LogP contribution >= 0.6 is 15.9 Å². The van der Waals surface area contributed by atoms with E-state index in [1.165, 1.54) is 0 Å². The molecule has 0 unspecified atom stereocenters. The minimum Gasteiger partial charge on any atom is -0.322 e. The van der Waals surface area contributed by atoms with Gasteiger partial charge in [0.15, 0.2) is 5.65 Å². The fourth-order valence-corrected chi connectivity index (χ4v) is 2.32. The van der Waals surface area contributed by atoms with Gasteiger partial charge >= 0.3 is 0 Å². The number of hydrogen-bond donors (Lipinski definition) is 1. The van der Waals surface area contributed by atoms with Crippen LogP contribution in [0.1, 0.15) is 21.7 Å². The molecule has 0 saturated carbocycles. The maximum Gasteiger partial charge on any atom is 0.255 e. The summed E-state index contributed by atoms with van der Waals surface area (Å²) in [4.78, 5) is 12.3. The van der Waals surface area contributed by atoms with Crippen molar-refractivity contribution in [1.29, 1.82) is 0 Å². The molecule has 0 saturated heterocycles. The first kappa shape index (κ1) is 13.8. The Labute approximate surface area is 130 Å². The van der Waals surface area contributed by atoms with Crippen molar-refractivity contribution in [2.45, 2.75) is 13.8 Å². The molecule has 2 aromatic heterocycles. The molecule has 5 nitrogen and oxygen atoms in total. The molecule has 0 radical (unpaired) electrons. The molecule has 0 atom stereocenters. The van der Waals surface area contributed by atoms with Crippen LogP contribution in [0, 0.1) is 13.8 Å². The summed E-state index contributed by atoms with van der Waals surface area (Å²) < 4.78 is 2.85. The number of halogens is 1. The Bertz CT molecular complexity index is 841. The van der Waals surface area contributed by atoms with Gasteiger partial charge in [-0.1, -0.05) is 15.9 Å². The number of pyridine rings is 1. The van der Waals surface area contributed by atoms with Gasteiger partial charge < -0.3 is 5.32 Å². The number of amides is 1. The van der Waals surface area contributed by atoms with Gasteiger partial charge in [-0.2, -0.15) is 0 Å². The lowest BCUT2D eigenvalue weighted by atomic mass is 10.2. The minimum atomic E-state index is -0.167. The fraction of sp³-hybridized carbons (Fsp3) is 0.133. The Hall–Kier alpha value is -2.21. The van der Waals surface area contributed by atoms with E-state index in [0.29, 0.717) is 11.2 Å². The lowest BCUT2D eigenvalue weighted by Gasteiger charge is -2.07. The van der Waals surface area contributed by atoms with Crippen LogP contribution in [0.25, 0.3) is 5.65 Å². The molecule has 3 aromatic rings. The molecular weight excluding hydrogens is 332 g/mol. The lowest BCUT2D eigenvalue weighted by Crippen LogP contribution is -2.12. The predicted octanol–water partition coefficient (Wildman–Crippen LogP) is 3.36. The van der Waals surface area contributed by atoms with Crippen molar-refractivity contribution in [2.75, 3.05) is 5.32 Å². The Morgan fingerprint density at radius 1 is 1.19 bits per heavy atom. The van der Waals surface area contributed by atoms with E-state index in [9.17, 15) is 4.79 Å². The molecule has 21 heavy (non-hydrogen) atoms. The van der Waals surface area contributed by atoms with E-state index in [2.05, 4.69) is 31.4 Å². The van der Waals surface area contributed by atoms with E-state index in [-0.39, 0.29) is 5.91 Å². The number of aryl methyl sites for hydroxylation is 2. The van der Waals surface area contributed by atoms with Gasteiger partial charge in [0, 0.05) is 21.9 Å². The highest BCUT2D eigenvalue weighted by atomic mass is 79.9. The first-order valence-electron chi connectivity index (χ1n) is 6.43. The number of carbonyl (C=O) groups is 1. The van der Waals surface area contributed by atoms with Crippen molar-refractivity contribution >= 4 is 33.2 Å². The van der Waals surface area contributed by atoms with Crippen molar-refractivity contribution in [2.24, 2.45) is 0 Å². The van der Waals surface area contributed by atoms with Gasteiger partial charge in [0.1, 0.15) is 5.82 Å². The number of anilines is 1. The van der Waals surface area contributed by atoms with Crippen molar-refractivity contribution in [1.82, 2.24) is 14.6 Å². The number of fused-ring (bicyclic) bond motifs is 1. The molecule has 6 heteroatoms. The van der Waals surface area contributed by atoms with Gasteiger partial charge in [-0.15, -0.1) is 10.2 Å². The number of benzene rings is 1. The molecule has 3 rings (SSSR count). The molecule has 0 aliphatic carbocycles. The SMILES string of the molecule is Cc1cc(NC(=O)c2ccn3c(C)nnc3c2)ccc1Br. The van der Waals surface area contributed by atoms with Crippen LogP contribution in [0.3, 0.4) is 0 Å². The van der Waals surface area contributed by atoms with Gasteiger partial charge in [0.2, 0.25) is 0 Å². The van der Waals surface area contributed by atoms with Gasteiger partial charge in [-0.3, -0.25) is 9.20 Å². The zero-order valence-corrected chi connectivity index (χ0v) is 13.2. The average molecular weight is 345 g/mol. The number of aromatic nitrogens is 3. The summed E-state index contributed by atoms with van der Waals surface area (Å²) >= 11 is 3.44. The van der Waals surface area contributed by atoms with Crippen molar-refractivity contribution in [3.63, 3.8) is 0 Å². The van der Waals surface area contributed by atoms with Crippen molar-refractivity contribution in [3.05, 3.63) is 58.0 Å². The second-order valence-corrected chi connectivity index (χ2v) is 5.66. The highest BCUT2D eigenvalue weighted by Gasteiger charge is 2.09. The summed E-state index contributed by atoms with van der Waals surface area (Å²) in [7, 11) is 0. The smallest absolute Gasteiger partial charge is 0.255 e. The molecular formula is C15H13BrN4O. The number of rotatable bonds is 2. The summed E-state index contributed by atoms with van der Waals surface area (Å²) in [5.41, 5.74) is 3.04. The van der Waals surface area contributed by atoms with E-state index in [1.807, 2.05) is 36.4 Å². The van der Waals surface area contributed by atoms with E-state index in [4.69, 9.17) is 0 Å². The maximum atomic E-state index is 12.3. The van der Waals surface area contributed by atoms with Crippen LogP contribution in [0.2, 0.25) is 0 Å². The van der Waals surface area contributed by atoms with Crippen LogP contribution in [0.4, 0.5) is 5.69 Å².